The van der Waals surface area contributed by atoms with Gasteiger partial charge in [-0.25, -0.2) is 0 Å². The van der Waals surface area contributed by atoms with E-state index in [9.17, 15) is 9.59 Å². The highest BCUT2D eigenvalue weighted by atomic mass is 16.5. The van der Waals surface area contributed by atoms with E-state index in [0.29, 0.717) is 42.8 Å². The Hall–Kier alpha value is -3.08. The van der Waals surface area contributed by atoms with Gasteiger partial charge in [-0.15, -0.1) is 0 Å². The van der Waals surface area contributed by atoms with E-state index < -0.39 is 0 Å². The molecule has 5 heteroatoms. The number of amides is 1. The van der Waals surface area contributed by atoms with E-state index >= 15 is 0 Å². The van der Waals surface area contributed by atoms with Gasteiger partial charge in [0.15, 0.2) is 11.5 Å². The topological polar surface area (TPSA) is 59.8 Å². The predicted octanol–water partition coefficient (Wildman–Crippen LogP) is 4.18. The third-order valence-electron chi connectivity index (χ3n) is 5.16. The minimum absolute atomic E-state index is 0.0573. The number of fused-ring (bicyclic) bond motifs is 1. The Morgan fingerprint density at radius 3 is 2.41 bits per heavy atom. The van der Waals surface area contributed by atoms with Crippen molar-refractivity contribution in [3.05, 3.63) is 65.9 Å². The second-order valence-corrected chi connectivity index (χ2v) is 6.81. The Bertz CT molecular complexity index is 932. The molecule has 2 aromatic carbocycles. The largest absolute Gasteiger partial charge is 0.497 e. The van der Waals surface area contributed by atoms with Crippen molar-refractivity contribution in [1.82, 2.24) is 4.90 Å². The molecule has 0 N–H and O–H groups in total. The molecule has 0 aliphatic carbocycles. The van der Waals surface area contributed by atoms with Crippen molar-refractivity contribution in [3.8, 4) is 5.75 Å². The number of hydrogen-bond donors (Lipinski definition) is 0. The fourth-order valence-electron chi connectivity index (χ4n) is 3.58. The first-order chi connectivity index (χ1) is 13.2. The van der Waals surface area contributed by atoms with Crippen molar-refractivity contribution < 1.29 is 18.7 Å². The molecule has 1 saturated heterocycles. The SMILES string of the molecule is COc1ccc(C(=O)C2CCN(C(=O)c3cc4ccccc4o3)CC2)cc1. The highest BCUT2D eigenvalue weighted by Gasteiger charge is 2.29. The maximum absolute atomic E-state index is 12.7. The number of carbonyl (C=O) groups excluding carboxylic acids is 2. The molecular formula is C22H21NO4. The second-order valence-electron chi connectivity index (χ2n) is 6.81. The van der Waals surface area contributed by atoms with Gasteiger partial charge in [-0.3, -0.25) is 9.59 Å². The third-order valence-corrected chi connectivity index (χ3v) is 5.16. The summed E-state index contributed by atoms with van der Waals surface area (Å²) in [5.74, 6) is 1.06. The van der Waals surface area contributed by atoms with Crippen LogP contribution < -0.4 is 4.74 Å². The van der Waals surface area contributed by atoms with E-state index in [-0.39, 0.29) is 17.6 Å². The van der Waals surface area contributed by atoms with Crippen LogP contribution in [0.3, 0.4) is 0 Å². The molecule has 0 radical (unpaired) electrons. The number of para-hydroxylation sites is 1. The molecule has 1 aliphatic heterocycles. The van der Waals surface area contributed by atoms with Crippen LogP contribution in [-0.2, 0) is 0 Å². The fraction of sp³-hybridized carbons (Fsp3) is 0.273. The number of methoxy groups -OCH3 is 1. The second kappa shape index (κ2) is 7.27. The van der Waals surface area contributed by atoms with Crippen LogP contribution in [0.4, 0.5) is 0 Å². The van der Waals surface area contributed by atoms with E-state index in [4.69, 9.17) is 9.15 Å². The number of ketones is 1. The van der Waals surface area contributed by atoms with Crippen LogP contribution in [0.25, 0.3) is 11.0 Å². The molecule has 138 valence electrons. The lowest BCUT2D eigenvalue weighted by molar-refractivity contribution is 0.0626. The zero-order chi connectivity index (χ0) is 18.8. The third kappa shape index (κ3) is 3.45. The van der Waals surface area contributed by atoms with Crippen LogP contribution in [0.1, 0.15) is 33.8 Å². The van der Waals surface area contributed by atoms with Crippen LogP contribution in [0.2, 0.25) is 0 Å². The minimum atomic E-state index is -0.110. The summed E-state index contributed by atoms with van der Waals surface area (Å²) in [5.41, 5.74) is 1.41. The number of furan rings is 1. The molecule has 0 atom stereocenters. The Balaban J connectivity index is 1.40. The van der Waals surface area contributed by atoms with E-state index in [2.05, 4.69) is 0 Å². The first-order valence-electron chi connectivity index (χ1n) is 9.12. The van der Waals surface area contributed by atoms with E-state index in [1.807, 2.05) is 24.3 Å². The van der Waals surface area contributed by atoms with Crippen LogP contribution >= 0.6 is 0 Å². The number of likely N-dealkylation sites (tertiary alicyclic amines) is 1. The van der Waals surface area contributed by atoms with Gasteiger partial charge in [0, 0.05) is 30.0 Å². The molecule has 2 heterocycles. The molecule has 5 nitrogen and oxygen atoms in total. The van der Waals surface area contributed by atoms with Gasteiger partial charge >= 0.3 is 0 Å². The summed E-state index contributed by atoms with van der Waals surface area (Å²) in [6, 6.07) is 16.6. The first-order valence-corrected chi connectivity index (χ1v) is 9.12. The molecule has 0 unspecified atom stereocenters. The number of piperidine rings is 1. The lowest BCUT2D eigenvalue weighted by Gasteiger charge is -2.30. The van der Waals surface area contributed by atoms with Crippen molar-refractivity contribution in [2.45, 2.75) is 12.8 Å². The minimum Gasteiger partial charge on any atom is -0.497 e. The summed E-state index contributed by atoms with van der Waals surface area (Å²) in [4.78, 5) is 27.2. The standard InChI is InChI=1S/C22H21NO4/c1-26-18-8-6-15(7-9-18)21(24)16-10-12-23(13-11-16)22(25)20-14-17-4-2-3-5-19(17)27-20/h2-9,14,16H,10-13H2,1H3. The van der Waals surface area contributed by atoms with Crippen molar-refractivity contribution in [3.63, 3.8) is 0 Å². The van der Waals surface area contributed by atoms with Crippen molar-refractivity contribution in [2.75, 3.05) is 20.2 Å². The normalized spacial score (nSPS) is 15.1. The monoisotopic (exact) mass is 363 g/mol. The number of Topliss-reactive ketones (excluding diaryl/α,β-unsaturated/α-hetero) is 1. The molecule has 1 aliphatic rings. The van der Waals surface area contributed by atoms with E-state index in [1.165, 1.54) is 0 Å². The lowest BCUT2D eigenvalue weighted by Crippen LogP contribution is -2.40. The molecule has 3 aromatic rings. The van der Waals surface area contributed by atoms with Crippen molar-refractivity contribution >= 4 is 22.7 Å². The first kappa shape index (κ1) is 17.3. The molecule has 27 heavy (non-hydrogen) atoms. The Morgan fingerprint density at radius 1 is 1.04 bits per heavy atom. The zero-order valence-electron chi connectivity index (χ0n) is 15.2. The predicted molar refractivity (Wildman–Crippen MR) is 102 cm³/mol. The smallest absolute Gasteiger partial charge is 0.289 e. The summed E-state index contributed by atoms with van der Waals surface area (Å²) in [5, 5.41) is 0.922. The van der Waals surface area contributed by atoms with Crippen LogP contribution in [0, 0.1) is 5.92 Å². The van der Waals surface area contributed by atoms with Crippen LogP contribution in [0.15, 0.2) is 59.0 Å². The molecule has 0 bridgehead atoms. The van der Waals surface area contributed by atoms with Gasteiger partial charge in [-0.1, -0.05) is 18.2 Å². The van der Waals surface area contributed by atoms with Gasteiger partial charge in [0.05, 0.1) is 7.11 Å². The van der Waals surface area contributed by atoms with Crippen molar-refractivity contribution in [1.29, 1.82) is 0 Å². The van der Waals surface area contributed by atoms with Gasteiger partial charge in [0.2, 0.25) is 0 Å². The Morgan fingerprint density at radius 2 is 1.74 bits per heavy atom. The lowest BCUT2D eigenvalue weighted by atomic mass is 9.89. The maximum Gasteiger partial charge on any atom is 0.289 e. The summed E-state index contributed by atoms with van der Waals surface area (Å²) >= 11 is 0. The molecule has 0 saturated carbocycles. The van der Waals surface area contributed by atoms with Gasteiger partial charge in [0.1, 0.15) is 11.3 Å². The number of rotatable bonds is 4. The quantitative estimate of drug-likeness (QED) is 0.653. The number of hydrogen-bond acceptors (Lipinski definition) is 4. The van der Waals surface area contributed by atoms with E-state index in [0.717, 1.165) is 11.1 Å². The van der Waals surface area contributed by atoms with Crippen molar-refractivity contribution in [2.24, 2.45) is 5.92 Å². The molecule has 4 rings (SSSR count). The van der Waals surface area contributed by atoms with Gasteiger partial charge in [-0.05, 0) is 49.2 Å². The number of carbonyl (C=O) groups is 2. The summed E-state index contributed by atoms with van der Waals surface area (Å²) in [6.07, 6.45) is 1.33. The maximum atomic E-state index is 12.7. The molecule has 1 aromatic heterocycles. The summed E-state index contributed by atoms with van der Waals surface area (Å²) < 4.78 is 10.8. The van der Waals surface area contributed by atoms with Gasteiger partial charge < -0.3 is 14.1 Å². The zero-order valence-corrected chi connectivity index (χ0v) is 15.2. The summed E-state index contributed by atoms with van der Waals surface area (Å²) in [6.45, 7) is 1.12. The Kier molecular flexibility index (Phi) is 4.67. The molecular weight excluding hydrogens is 342 g/mol. The molecule has 0 spiro atoms. The highest BCUT2D eigenvalue weighted by Crippen LogP contribution is 2.26. The highest BCUT2D eigenvalue weighted by molar-refractivity contribution is 5.99. The average Bonchev–Trinajstić information content (AvgIpc) is 3.17. The molecule has 1 fully saturated rings. The number of benzene rings is 2. The number of ether oxygens (including phenoxy) is 1. The van der Waals surface area contributed by atoms with E-state index in [1.54, 1.807) is 42.3 Å². The Labute approximate surface area is 157 Å². The fourth-order valence-corrected chi connectivity index (χ4v) is 3.58. The van der Waals surface area contributed by atoms with Gasteiger partial charge in [0.25, 0.3) is 5.91 Å². The van der Waals surface area contributed by atoms with Crippen LogP contribution in [0.5, 0.6) is 5.75 Å². The average molecular weight is 363 g/mol. The van der Waals surface area contributed by atoms with Gasteiger partial charge in [-0.2, -0.15) is 0 Å². The number of nitrogens with zero attached hydrogens (tertiary/aromatic N) is 1. The molecule has 1 amide bonds. The summed E-state index contributed by atoms with van der Waals surface area (Å²) in [7, 11) is 1.60. The van der Waals surface area contributed by atoms with Crippen LogP contribution in [-0.4, -0.2) is 36.8 Å².